The van der Waals surface area contributed by atoms with Gasteiger partial charge in [0, 0.05) is 16.0 Å². The van der Waals surface area contributed by atoms with Gasteiger partial charge in [0.15, 0.2) is 0 Å². The van der Waals surface area contributed by atoms with E-state index in [9.17, 15) is 9.18 Å². The zero-order valence-corrected chi connectivity index (χ0v) is 12.6. The van der Waals surface area contributed by atoms with Crippen LogP contribution in [0, 0.1) is 5.82 Å². The number of amides is 1. The van der Waals surface area contributed by atoms with Gasteiger partial charge < -0.3 is 11.1 Å². The number of nitrogens with two attached hydrogens (primary N) is 1. The van der Waals surface area contributed by atoms with E-state index in [4.69, 9.17) is 17.3 Å². The fourth-order valence-electron chi connectivity index (χ4n) is 1.62. The highest BCUT2D eigenvalue weighted by Crippen LogP contribution is 2.22. The molecule has 0 aliphatic rings. The number of halogens is 3. The fraction of sp³-hybridized carbons (Fsp3) is 0.0714. The third-order valence-corrected chi connectivity index (χ3v) is 3.61. The average Bonchev–Trinajstić information content (AvgIpc) is 2.42. The van der Waals surface area contributed by atoms with Crippen LogP contribution in [0.2, 0.25) is 5.02 Å². The number of carbonyl (C=O) groups excluding carboxylic acids is 1. The van der Waals surface area contributed by atoms with Crippen LogP contribution >= 0.6 is 27.5 Å². The number of rotatable bonds is 3. The number of nitrogens with one attached hydrogen (secondary N) is 1. The maximum atomic E-state index is 13.2. The minimum atomic E-state index is -0.564. The molecule has 0 atom stereocenters. The largest absolute Gasteiger partial charge is 0.396 e. The Bertz CT molecular complexity index is 646. The Kier molecular flexibility index (Phi) is 4.62. The van der Waals surface area contributed by atoms with Crippen molar-refractivity contribution in [2.75, 3.05) is 5.73 Å². The monoisotopic (exact) mass is 356 g/mol. The fourth-order valence-corrected chi connectivity index (χ4v) is 2.24. The molecule has 0 aliphatic heterocycles. The van der Waals surface area contributed by atoms with E-state index in [0.717, 1.165) is 5.56 Å². The number of hydrogen-bond acceptors (Lipinski definition) is 2. The topological polar surface area (TPSA) is 55.1 Å². The molecule has 0 radical (unpaired) electrons. The summed E-state index contributed by atoms with van der Waals surface area (Å²) in [4.78, 5) is 12.0. The third kappa shape index (κ3) is 3.49. The Labute approximate surface area is 129 Å². The van der Waals surface area contributed by atoms with Crippen molar-refractivity contribution in [1.82, 2.24) is 5.32 Å². The summed E-state index contributed by atoms with van der Waals surface area (Å²) in [6, 6.07) is 9.60. The molecule has 0 aliphatic carbocycles. The molecule has 3 N–H and O–H groups in total. The van der Waals surface area contributed by atoms with Gasteiger partial charge in [-0.15, -0.1) is 0 Å². The second kappa shape index (κ2) is 6.24. The Morgan fingerprint density at radius 2 is 1.95 bits per heavy atom. The van der Waals surface area contributed by atoms with Crippen molar-refractivity contribution in [3.8, 4) is 0 Å². The molecular weight excluding hydrogens is 347 g/mol. The van der Waals surface area contributed by atoms with Crippen LogP contribution in [0.5, 0.6) is 0 Å². The normalized spacial score (nSPS) is 10.3. The Hall–Kier alpha value is -1.59. The summed E-state index contributed by atoms with van der Waals surface area (Å²) >= 11 is 8.92. The minimum absolute atomic E-state index is 0.0650. The number of benzene rings is 2. The quantitative estimate of drug-likeness (QED) is 0.822. The molecular formula is C14H11BrClFN2O. The average molecular weight is 358 g/mol. The number of hydrogen-bond donors (Lipinski definition) is 2. The predicted octanol–water partition coefficient (Wildman–Crippen LogP) is 3.75. The Morgan fingerprint density at radius 1 is 1.30 bits per heavy atom. The van der Waals surface area contributed by atoms with E-state index in [1.54, 1.807) is 12.1 Å². The highest BCUT2D eigenvalue weighted by atomic mass is 79.9. The maximum Gasteiger partial charge on any atom is 0.252 e. The lowest BCUT2D eigenvalue weighted by Crippen LogP contribution is -2.23. The summed E-state index contributed by atoms with van der Waals surface area (Å²) < 4.78 is 13.6. The SMILES string of the molecule is Nc1cc(C(=O)NCc2ccc(Cl)cc2)c(Br)cc1F. The summed E-state index contributed by atoms with van der Waals surface area (Å²) in [7, 11) is 0. The molecule has 104 valence electrons. The van der Waals surface area contributed by atoms with E-state index < -0.39 is 5.82 Å². The second-order valence-corrected chi connectivity index (χ2v) is 5.45. The first-order valence-corrected chi connectivity index (χ1v) is 6.91. The highest BCUT2D eigenvalue weighted by molar-refractivity contribution is 9.10. The lowest BCUT2D eigenvalue weighted by molar-refractivity contribution is 0.0950. The highest BCUT2D eigenvalue weighted by Gasteiger charge is 2.13. The van der Waals surface area contributed by atoms with E-state index >= 15 is 0 Å². The van der Waals surface area contributed by atoms with Crippen molar-refractivity contribution in [3.05, 3.63) is 62.8 Å². The van der Waals surface area contributed by atoms with Gasteiger partial charge in [0.1, 0.15) is 5.82 Å². The summed E-state index contributed by atoms with van der Waals surface area (Å²) in [5, 5.41) is 3.37. The van der Waals surface area contributed by atoms with Gasteiger partial charge in [-0.05, 0) is 45.8 Å². The van der Waals surface area contributed by atoms with Crippen molar-refractivity contribution in [1.29, 1.82) is 0 Å². The van der Waals surface area contributed by atoms with Gasteiger partial charge in [-0.2, -0.15) is 0 Å². The van der Waals surface area contributed by atoms with E-state index in [1.807, 2.05) is 12.1 Å². The molecule has 0 heterocycles. The van der Waals surface area contributed by atoms with Gasteiger partial charge in [0.25, 0.3) is 5.91 Å². The zero-order valence-electron chi connectivity index (χ0n) is 10.3. The molecule has 0 fully saturated rings. The molecule has 2 aromatic rings. The number of nitrogen functional groups attached to an aromatic ring is 1. The van der Waals surface area contributed by atoms with Crippen LogP contribution in [0.25, 0.3) is 0 Å². The second-order valence-electron chi connectivity index (χ2n) is 4.16. The summed E-state index contributed by atoms with van der Waals surface area (Å²) in [6.45, 7) is 0.347. The van der Waals surface area contributed by atoms with Gasteiger partial charge in [-0.1, -0.05) is 23.7 Å². The van der Waals surface area contributed by atoms with Crippen LogP contribution in [0.3, 0.4) is 0 Å². The maximum absolute atomic E-state index is 13.2. The Balaban J connectivity index is 2.09. The standard InChI is InChI=1S/C14H11BrClFN2O/c15-11-6-12(17)13(18)5-10(11)14(20)19-7-8-1-3-9(16)4-2-8/h1-6H,7,18H2,(H,19,20). The summed E-state index contributed by atoms with van der Waals surface area (Å²) in [5.74, 6) is -0.898. The third-order valence-electron chi connectivity index (χ3n) is 2.70. The molecule has 2 rings (SSSR count). The molecule has 1 amide bonds. The zero-order chi connectivity index (χ0) is 14.7. The van der Waals surface area contributed by atoms with E-state index in [2.05, 4.69) is 21.2 Å². The first kappa shape index (κ1) is 14.8. The first-order valence-electron chi connectivity index (χ1n) is 5.74. The lowest BCUT2D eigenvalue weighted by atomic mass is 10.1. The van der Waals surface area contributed by atoms with Crippen molar-refractivity contribution >= 4 is 39.1 Å². The number of carbonyl (C=O) groups is 1. The molecule has 0 bridgehead atoms. The van der Waals surface area contributed by atoms with Crippen molar-refractivity contribution in [2.45, 2.75) is 6.54 Å². The number of anilines is 1. The van der Waals surface area contributed by atoms with Crippen LogP contribution < -0.4 is 11.1 Å². The molecule has 3 nitrogen and oxygen atoms in total. The van der Waals surface area contributed by atoms with E-state index in [1.165, 1.54) is 12.1 Å². The molecule has 6 heteroatoms. The van der Waals surface area contributed by atoms with Crippen LogP contribution in [0.1, 0.15) is 15.9 Å². The predicted molar refractivity (Wildman–Crippen MR) is 81.1 cm³/mol. The molecule has 0 saturated heterocycles. The van der Waals surface area contributed by atoms with Crippen LogP contribution in [0.4, 0.5) is 10.1 Å². The Morgan fingerprint density at radius 3 is 2.60 bits per heavy atom. The summed E-state index contributed by atoms with van der Waals surface area (Å²) in [5.41, 5.74) is 6.60. The van der Waals surface area contributed by atoms with E-state index in [-0.39, 0.29) is 17.2 Å². The first-order chi connectivity index (χ1) is 9.47. The smallest absolute Gasteiger partial charge is 0.252 e. The molecule has 0 saturated carbocycles. The lowest BCUT2D eigenvalue weighted by Gasteiger charge is -2.08. The van der Waals surface area contributed by atoms with Crippen molar-refractivity contribution < 1.29 is 9.18 Å². The minimum Gasteiger partial charge on any atom is -0.396 e. The molecule has 2 aromatic carbocycles. The molecule has 20 heavy (non-hydrogen) atoms. The van der Waals surface area contributed by atoms with E-state index in [0.29, 0.717) is 16.0 Å². The van der Waals surface area contributed by atoms with Crippen LogP contribution in [0.15, 0.2) is 40.9 Å². The molecule has 0 spiro atoms. The van der Waals surface area contributed by atoms with Gasteiger partial charge in [-0.3, -0.25) is 4.79 Å². The molecule has 0 aromatic heterocycles. The van der Waals surface area contributed by atoms with Gasteiger partial charge in [-0.25, -0.2) is 4.39 Å². The van der Waals surface area contributed by atoms with Crippen molar-refractivity contribution in [3.63, 3.8) is 0 Å². The van der Waals surface area contributed by atoms with Crippen LogP contribution in [-0.2, 0) is 6.54 Å². The van der Waals surface area contributed by atoms with Crippen molar-refractivity contribution in [2.24, 2.45) is 0 Å². The van der Waals surface area contributed by atoms with Crippen LogP contribution in [-0.4, -0.2) is 5.91 Å². The summed E-state index contributed by atoms with van der Waals surface area (Å²) in [6.07, 6.45) is 0. The van der Waals surface area contributed by atoms with Gasteiger partial charge in [0.2, 0.25) is 0 Å². The van der Waals surface area contributed by atoms with Gasteiger partial charge >= 0.3 is 0 Å². The van der Waals surface area contributed by atoms with Gasteiger partial charge in [0.05, 0.1) is 11.3 Å². The molecule has 0 unspecified atom stereocenters.